The van der Waals surface area contributed by atoms with Gasteiger partial charge in [-0.05, 0) is 47.1 Å². The Kier molecular flexibility index (Phi) is 4.96. The van der Waals surface area contributed by atoms with E-state index >= 15 is 0 Å². The minimum atomic E-state index is -0.680. The van der Waals surface area contributed by atoms with Crippen molar-refractivity contribution in [3.63, 3.8) is 0 Å². The van der Waals surface area contributed by atoms with Crippen molar-refractivity contribution in [2.45, 2.75) is 13.0 Å². The van der Waals surface area contributed by atoms with Crippen LogP contribution in [0, 0.1) is 0 Å². The molecule has 0 spiro atoms. The van der Waals surface area contributed by atoms with Gasteiger partial charge in [-0.1, -0.05) is 36.4 Å². The number of ether oxygens (including phenoxy) is 1. The van der Waals surface area contributed by atoms with E-state index in [-0.39, 0.29) is 5.91 Å². The van der Waals surface area contributed by atoms with Crippen LogP contribution < -0.4 is 10.1 Å². The van der Waals surface area contributed by atoms with E-state index in [2.05, 4.69) is 26.3 Å². The van der Waals surface area contributed by atoms with Crippen LogP contribution in [0.1, 0.15) is 6.92 Å². The lowest BCUT2D eigenvalue weighted by Crippen LogP contribution is -2.30. The third-order valence-corrected chi connectivity index (χ3v) is 3.90. The van der Waals surface area contributed by atoms with Crippen LogP contribution in [-0.2, 0) is 4.79 Å². The SMILES string of the molecule is C[C@H](Oc1nn(-c2ccccc2)cc1Br)C(=O)Nc1ccccc1. The molecular weight excluding hydrogens is 370 g/mol. The van der Waals surface area contributed by atoms with Crippen LogP contribution in [0.2, 0.25) is 0 Å². The molecule has 1 aromatic heterocycles. The number of carbonyl (C=O) groups is 1. The Bertz CT molecular complexity index is 819. The van der Waals surface area contributed by atoms with Crippen molar-refractivity contribution in [3.8, 4) is 11.6 Å². The average molecular weight is 386 g/mol. The molecule has 0 aliphatic heterocycles. The van der Waals surface area contributed by atoms with E-state index in [0.29, 0.717) is 10.4 Å². The Hall–Kier alpha value is -2.60. The maximum absolute atomic E-state index is 12.2. The van der Waals surface area contributed by atoms with Gasteiger partial charge in [-0.15, -0.1) is 5.10 Å². The summed E-state index contributed by atoms with van der Waals surface area (Å²) < 4.78 is 8.07. The number of hydrogen-bond acceptors (Lipinski definition) is 3. The molecule has 0 saturated heterocycles. The molecule has 24 heavy (non-hydrogen) atoms. The molecule has 0 aliphatic carbocycles. The number of rotatable bonds is 5. The topological polar surface area (TPSA) is 56.2 Å². The molecular formula is C18H16BrN3O2. The molecule has 0 fully saturated rings. The Labute approximate surface area is 148 Å². The minimum Gasteiger partial charge on any atom is -0.463 e. The summed E-state index contributed by atoms with van der Waals surface area (Å²) in [5.74, 6) is 0.136. The van der Waals surface area contributed by atoms with Gasteiger partial charge < -0.3 is 10.1 Å². The van der Waals surface area contributed by atoms with Gasteiger partial charge in [0.25, 0.3) is 5.91 Å². The first-order valence-electron chi connectivity index (χ1n) is 7.46. The average Bonchev–Trinajstić information content (AvgIpc) is 2.97. The van der Waals surface area contributed by atoms with Crippen LogP contribution in [0.4, 0.5) is 5.69 Å². The number of benzene rings is 2. The van der Waals surface area contributed by atoms with Crippen molar-refractivity contribution in [2.75, 3.05) is 5.32 Å². The maximum atomic E-state index is 12.2. The van der Waals surface area contributed by atoms with Crippen molar-refractivity contribution in [3.05, 3.63) is 71.3 Å². The van der Waals surface area contributed by atoms with Crippen LogP contribution >= 0.6 is 15.9 Å². The third kappa shape index (κ3) is 3.83. The van der Waals surface area contributed by atoms with Gasteiger partial charge in [-0.3, -0.25) is 4.79 Å². The standard InChI is InChI=1S/C18H16BrN3O2/c1-13(17(23)20-14-8-4-2-5-9-14)24-18-16(19)12-22(21-18)15-10-6-3-7-11-15/h2-13H,1H3,(H,20,23)/t13-/m0/s1. The van der Waals surface area contributed by atoms with Crippen molar-refractivity contribution < 1.29 is 9.53 Å². The number of halogens is 1. The fraction of sp³-hybridized carbons (Fsp3) is 0.111. The van der Waals surface area contributed by atoms with E-state index in [1.54, 1.807) is 17.8 Å². The molecule has 0 radical (unpaired) electrons. The highest BCUT2D eigenvalue weighted by atomic mass is 79.9. The van der Waals surface area contributed by atoms with Gasteiger partial charge in [0.05, 0.1) is 10.2 Å². The first-order valence-corrected chi connectivity index (χ1v) is 8.26. The Morgan fingerprint density at radius 3 is 2.42 bits per heavy atom. The fourth-order valence-electron chi connectivity index (χ4n) is 2.12. The van der Waals surface area contributed by atoms with Gasteiger partial charge in [-0.25, -0.2) is 4.68 Å². The van der Waals surface area contributed by atoms with Crippen LogP contribution in [0.25, 0.3) is 5.69 Å². The quantitative estimate of drug-likeness (QED) is 0.720. The highest BCUT2D eigenvalue weighted by Gasteiger charge is 2.18. The van der Waals surface area contributed by atoms with Crippen LogP contribution in [0.5, 0.6) is 5.88 Å². The van der Waals surface area contributed by atoms with Gasteiger partial charge in [0.2, 0.25) is 5.88 Å². The van der Waals surface area contributed by atoms with Gasteiger partial charge in [-0.2, -0.15) is 0 Å². The van der Waals surface area contributed by atoms with Gasteiger partial charge in [0.15, 0.2) is 6.10 Å². The number of para-hydroxylation sites is 2. The molecule has 1 heterocycles. The second kappa shape index (κ2) is 7.31. The predicted molar refractivity (Wildman–Crippen MR) is 96.4 cm³/mol. The predicted octanol–water partition coefficient (Wildman–Crippen LogP) is 4.04. The summed E-state index contributed by atoms with van der Waals surface area (Å²) in [6.45, 7) is 1.69. The van der Waals surface area contributed by atoms with E-state index < -0.39 is 6.10 Å². The Morgan fingerprint density at radius 1 is 1.12 bits per heavy atom. The monoisotopic (exact) mass is 385 g/mol. The molecule has 5 nitrogen and oxygen atoms in total. The van der Waals surface area contributed by atoms with Gasteiger partial charge in [0.1, 0.15) is 0 Å². The molecule has 3 aromatic rings. The third-order valence-electron chi connectivity index (χ3n) is 3.36. The number of hydrogen-bond donors (Lipinski definition) is 1. The highest BCUT2D eigenvalue weighted by molar-refractivity contribution is 9.10. The summed E-state index contributed by atoms with van der Waals surface area (Å²) in [7, 11) is 0. The normalized spacial score (nSPS) is 11.8. The minimum absolute atomic E-state index is 0.234. The summed E-state index contributed by atoms with van der Waals surface area (Å²) in [6.07, 6.45) is 1.12. The first-order chi connectivity index (χ1) is 11.6. The highest BCUT2D eigenvalue weighted by Crippen LogP contribution is 2.25. The van der Waals surface area contributed by atoms with Crippen molar-refractivity contribution in [2.24, 2.45) is 0 Å². The zero-order chi connectivity index (χ0) is 16.9. The molecule has 2 aromatic carbocycles. The molecule has 0 unspecified atom stereocenters. The van der Waals surface area contributed by atoms with Crippen LogP contribution in [0.3, 0.4) is 0 Å². The van der Waals surface area contributed by atoms with E-state index in [4.69, 9.17) is 4.74 Å². The molecule has 0 bridgehead atoms. The molecule has 1 atom stereocenters. The number of aromatic nitrogens is 2. The number of amides is 1. The van der Waals surface area contributed by atoms with Crippen molar-refractivity contribution in [1.29, 1.82) is 0 Å². The molecule has 3 rings (SSSR count). The summed E-state index contributed by atoms with van der Waals surface area (Å²) in [4.78, 5) is 12.2. The van der Waals surface area contributed by atoms with E-state index in [1.807, 2.05) is 60.7 Å². The molecule has 1 amide bonds. The number of anilines is 1. The zero-order valence-electron chi connectivity index (χ0n) is 13.0. The number of nitrogens with zero attached hydrogens (tertiary/aromatic N) is 2. The fourth-order valence-corrected chi connectivity index (χ4v) is 2.48. The smallest absolute Gasteiger partial charge is 0.265 e. The van der Waals surface area contributed by atoms with Gasteiger partial charge in [0, 0.05) is 11.9 Å². The lowest BCUT2D eigenvalue weighted by atomic mass is 10.3. The van der Waals surface area contributed by atoms with E-state index in [1.165, 1.54) is 0 Å². The summed E-state index contributed by atoms with van der Waals surface area (Å²) in [5, 5.41) is 7.18. The first kappa shape index (κ1) is 16.3. The Balaban J connectivity index is 1.69. The molecule has 1 N–H and O–H groups in total. The second-order valence-corrected chi connectivity index (χ2v) is 6.03. The largest absolute Gasteiger partial charge is 0.463 e. The van der Waals surface area contributed by atoms with Crippen molar-refractivity contribution in [1.82, 2.24) is 9.78 Å². The second-order valence-electron chi connectivity index (χ2n) is 5.18. The van der Waals surface area contributed by atoms with E-state index in [9.17, 15) is 4.79 Å². The lowest BCUT2D eigenvalue weighted by molar-refractivity contribution is -0.122. The van der Waals surface area contributed by atoms with Crippen LogP contribution in [-0.4, -0.2) is 21.8 Å². The van der Waals surface area contributed by atoms with E-state index in [0.717, 1.165) is 11.4 Å². The summed E-state index contributed by atoms with van der Waals surface area (Å²) in [5.41, 5.74) is 1.64. The zero-order valence-corrected chi connectivity index (χ0v) is 14.6. The molecule has 122 valence electrons. The lowest BCUT2D eigenvalue weighted by Gasteiger charge is -2.13. The molecule has 0 aliphatic rings. The summed E-state index contributed by atoms with van der Waals surface area (Å²) >= 11 is 3.42. The maximum Gasteiger partial charge on any atom is 0.265 e. The molecule has 6 heteroatoms. The number of carbonyl (C=O) groups excluding carboxylic acids is 1. The number of nitrogens with one attached hydrogen (secondary N) is 1. The Morgan fingerprint density at radius 2 is 1.75 bits per heavy atom. The van der Waals surface area contributed by atoms with Crippen LogP contribution in [0.15, 0.2) is 71.3 Å². The summed E-state index contributed by atoms with van der Waals surface area (Å²) in [6, 6.07) is 18.9. The molecule has 0 saturated carbocycles. The van der Waals surface area contributed by atoms with Gasteiger partial charge >= 0.3 is 0 Å². The van der Waals surface area contributed by atoms with Crippen molar-refractivity contribution >= 4 is 27.5 Å².